The molecule has 0 fully saturated rings. The van der Waals surface area contributed by atoms with Gasteiger partial charge < -0.3 is 28.6 Å². The molecule has 0 N–H and O–H groups in total. The minimum atomic E-state index is -2.59. The quantitative estimate of drug-likeness (QED) is 0.0864. The molecule has 0 bridgehead atoms. The molecule has 6 rings (SSSR count). The molecular weight excluding hydrogens is 741 g/mol. The highest BCUT2D eigenvalue weighted by molar-refractivity contribution is 6.11. The lowest BCUT2D eigenvalue weighted by atomic mass is 10.1. The van der Waals surface area contributed by atoms with Crippen molar-refractivity contribution < 1.29 is 53.7 Å². The fourth-order valence-corrected chi connectivity index (χ4v) is 6.12. The number of rotatable bonds is 13. The highest BCUT2D eigenvalue weighted by Crippen LogP contribution is 2.40. The van der Waals surface area contributed by atoms with Crippen LogP contribution in [0, 0.1) is 0 Å². The standard InChI is InChI=1S/C40H28F9N3O3/c1-3-50(23-5-13-28(14-6-23)53-38(47)35(41)42)26-11-19-33-31(21-26)32-22-27(51(4-2)24-7-15-29(16-8-24)54-39(48)36(43)44)12-20-34(32)52(33)25-9-17-30(18-10-25)55-40(49)37(45)46/h5-22H,3-4H2,1-2H3. The van der Waals surface area contributed by atoms with E-state index in [-0.39, 0.29) is 17.2 Å². The van der Waals surface area contributed by atoms with Crippen LogP contribution in [0.3, 0.4) is 0 Å². The van der Waals surface area contributed by atoms with E-state index in [0.717, 1.165) is 33.2 Å². The van der Waals surface area contributed by atoms with Gasteiger partial charge in [0.25, 0.3) is 0 Å². The lowest BCUT2D eigenvalue weighted by molar-refractivity contribution is 0.241. The van der Waals surface area contributed by atoms with Gasteiger partial charge in [-0.15, -0.1) is 0 Å². The molecule has 0 atom stereocenters. The number of ether oxygens (including phenoxy) is 3. The average molecular weight is 770 g/mol. The second-order valence-corrected chi connectivity index (χ2v) is 11.6. The first-order chi connectivity index (χ1) is 26.4. The summed E-state index contributed by atoms with van der Waals surface area (Å²) < 4.78 is 132. The van der Waals surface area contributed by atoms with Crippen LogP contribution in [0.1, 0.15) is 13.8 Å². The number of hydrogen-bond donors (Lipinski definition) is 0. The van der Waals surface area contributed by atoms with E-state index in [1.165, 1.54) is 36.4 Å². The van der Waals surface area contributed by atoms with E-state index in [1.54, 1.807) is 36.4 Å². The topological polar surface area (TPSA) is 39.1 Å². The van der Waals surface area contributed by atoms with Crippen LogP contribution in [-0.4, -0.2) is 17.7 Å². The Labute approximate surface area is 307 Å². The molecule has 0 unspecified atom stereocenters. The summed E-state index contributed by atoms with van der Waals surface area (Å²) in [6, 6.07) is 23.1. The first kappa shape index (κ1) is 38.2. The van der Waals surface area contributed by atoms with Crippen molar-refractivity contribution in [2.75, 3.05) is 22.9 Å². The lowest BCUT2D eigenvalue weighted by Gasteiger charge is -2.24. The third kappa shape index (κ3) is 8.20. The van der Waals surface area contributed by atoms with Gasteiger partial charge >= 0.3 is 36.3 Å². The molecule has 6 aromatic rings. The van der Waals surface area contributed by atoms with Gasteiger partial charge in [-0.05, 0) is 123 Å². The highest BCUT2D eigenvalue weighted by atomic mass is 19.3. The summed E-state index contributed by atoms with van der Waals surface area (Å²) in [6.07, 6.45) is -7.75. The number of benzene rings is 5. The van der Waals surface area contributed by atoms with Crippen molar-refractivity contribution >= 4 is 44.6 Å². The van der Waals surface area contributed by atoms with Crippen LogP contribution in [-0.2, 0) is 0 Å². The number of aromatic nitrogens is 1. The molecule has 0 spiro atoms. The van der Waals surface area contributed by atoms with Gasteiger partial charge in [-0.3, -0.25) is 0 Å². The van der Waals surface area contributed by atoms with Crippen molar-refractivity contribution in [1.29, 1.82) is 0 Å². The summed E-state index contributed by atoms with van der Waals surface area (Å²) in [5.41, 5.74) is 4.85. The average Bonchev–Trinajstić information content (AvgIpc) is 3.50. The zero-order valence-corrected chi connectivity index (χ0v) is 28.8. The molecule has 0 saturated heterocycles. The molecule has 284 valence electrons. The molecule has 5 aromatic carbocycles. The molecule has 0 aliphatic rings. The van der Waals surface area contributed by atoms with Crippen molar-refractivity contribution in [3.8, 4) is 22.9 Å². The fraction of sp³-hybridized carbons (Fsp3) is 0.100. The summed E-state index contributed by atoms with van der Waals surface area (Å²) in [5.74, 6) is -0.394. The van der Waals surface area contributed by atoms with E-state index in [2.05, 4.69) is 14.2 Å². The largest absolute Gasteiger partial charge is 0.428 e. The fourth-order valence-electron chi connectivity index (χ4n) is 6.12. The van der Waals surface area contributed by atoms with Crippen LogP contribution in [0.15, 0.2) is 145 Å². The van der Waals surface area contributed by atoms with Gasteiger partial charge in [-0.1, -0.05) is 0 Å². The SMILES string of the molecule is CCN(c1ccc(OC(F)=C(F)F)cc1)c1ccc2c(c1)c1cc(N(CC)c3ccc(OC(F)=C(F)F)cc3)ccc1n2-c1ccc(OC(F)=C(F)F)cc1. The van der Waals surface area contributed by atoms with E-state index in [1.807, 2.05) is 64.6 Å². The molecule has 0 radical (unpaired) electrons. The molecule has 1 heterocycles. The van der Waals surface area contributed by atoms with Gasteiger partial charge in [0, 0.05) is 52.3 Å². The smallest absolute Gasteiger partial charge is 0.344 e. The van der Waals surface area contributed by atoms with E-state index >= 15 is 0 Å². The molecule has 0 aliphatic carbocycles. The zero-order valence-electron chi connectivity index (χ0n) is 28.8. The van der Waals surface area contributed by atoms with Crippen molar-refractivity contribution in [2.45, 2.75) is 13.8 Å². The second kappa shape index (κ2) is 16.2. The minimum Gasteiger partial charge on any atom is -0.428 e. The summed E-state index contributed by atoms with van der Waals surface area (Å²) in [6.45, 7) is 4.74. The van der Waals surface area contributed by atoms with Crippen LogP contribution in [0.5, 0.6) is 17.2 Å². The summed E-state index contributed by atoms with van der Waals surface area (Å²) in [5, 5.41) is 1.56. The monoisotopic (exact) mass is 769 g/mol. The Kier molecular flexibility index (Phi) is 11.3. The van der Waals surface area contributed by atoms with Crippen LogP contribution in [0.25, 0.3) is 27.5 Å². The number of fused-ring (bicyclic) bond motifs is 3. The Morgan fingerprint density at radius 2 is 0.745 bits per heavy atom. The van der Waals surface area contributed by atoms with Crippen LogP contribution >= 0.6 is 0 Å². The van der Waals surface area contributed by atoms with Gasteiger partial charge in [0.1, 0.15) is 17.2 Å². The maximum atomic E-state index is 13.5. The van der Waals surface area contributed by atoms with Crippen LogP contribution in [0.4, 0.5) is 62.3 Å². The van der Waals surface area contributed by atoms with Crippen molar-refractivity contribution in [1.82, 2.24) is 4.57 Å². The normalized spacial score (nSPS) is 11.0. The highest BCUT2D eigenvalue weighted by Gasteiger charge is 2.19. The molecule has 0 saturated carbocycles. The minimum absolute atomic E-state index is 0.124. The first-order valence-corrected chi connectivity index (χ1v) is 16.5. The van der Waals surface area contributed by atoms with Gasteiger partial charge in [-0.25, -0.2) is 0 Å². The van der Waals surface area contributed by atoms with Crippen molar-refractivity contribution in [2.24, 2.45) is 0 Å². The maximum Gasteiger partial charge on any atom is 0.344 e. The van der Waals surface area contributed by atoms with E-state index < -0.39 is 36.3 Å². The summed E-state index contributed by atoms with van der Waals surface area (Å²) >= 11 is 0. The Balaban J connectivity index is 1.45. The second-order valence-electron chi connectivity index (χ2n) is 11.6. The number of nitrogens with zero attached hydrogens (tertiary/aromatic N) is 3. The third-order valence-corrected chi connectivity index (χ3v) is 8.45. The third-order valence-electron chi connectivity index (χ3n) is 8.45. The first-order valence-electron chi connectivity index (χ1n) is 16.5. The van der Waals surface area contributed by atoms with Crippen LogP contribution < -0.4 is 24.0 Å². The number of anilines is 4. The summed E-state index contributed by atoms with van der Waals surface area (Å²) in [4.78, 5) is 3.87. The molecule has 6 nitrogen and oxygen atoms in total. The van der Waals surface area contributed by atoms with Crippen LogP contribution in [0.2, 0.25) is 0 Å². The predicted octanol–water partition coefficient (Wildman–Crippen LogP) is 13.3. The molecule has 0 amide bonds. The Bertz CT molecular complexity index is 2280. The number of hydrogen-bond acceptors (Lipinski definition) is 5. The van der Waals surface area contributed by atoms with E-state index in [4.69, 9.17) is 0 Å². The van der Waals surface area contributed by atoms with Crippen molar-refractivity contribution in [3.63, 3.8) is 0 Å². The Morgan fingerprint density at radius 3 is 1.05 bits per heavy atom. The van der Waals surface area contributed by atoms with E-state index in [0.29, 0.717) is 30.2 Å². The van der Waals surface area contributed by atoms with Crippen molar-refractivity contribution in [3.05, 3.63) is 145 Å². The molecular formula is C40H28F9N3O3. The Hall–Kier alpha value is -6.51. The Morgan fingerprint density at radius 1 is 0.436 bits per heavy atom. The van der Waals surface area contributed by atoms with Gasteiger partial charge in [0.15, 0.2) is 0 Å². The predicted molar refractivity (Wildman–Crippen MR) is 192 cm³/mol. The summed E-state index contributed by atoms with van der Waals surface area (Å²) in [7, 11) is 0. The number of halogens is 9. The molecule has 1 aromatic heterocycles. The lowest BCUT2D eigenvalue weighted by Crippen LogP contribution is -2.16. The zero-order chi connectivity index (χ0) is 39.4. The van der Waals surface area contributed by atoms with Gasteiger partial charge in [-0.2, -0.15) is 39.5 Å². The van der Waals surface area contributed by atoms with E-state index in [9.17, 15) is 39.5 Å². The van der Waals surface area contributed by atoms with Gasteiger partial charge in [0.05, 0.1) is 11.0 Å². The molecule has 55 heavy (non-hydrogen) atoms. The van der Waals surface area contributed by atoms with Gasteiger partial charge in [0.2, 0.25) is 0 Å². The maximum absolute atomic E-state index is 13.5. The molecule has 0 aliphatic heterocycles. The molecule has 15 heteroatoms.